The van der Waals surface area contributed by atoms with Gasteiger partial charge in [0.2, 0.25) is 0 Å². The highest BCUT2D eigenvalue weighted by Crippen LogP contribution is 2.18. The van der Waals surface area contributed by atoms with Crippen LogP contribution in [0, 0.1) is 5.92 Å². The zero-order valence-corrected chi connectivity index (χ0v) is 14.7. The molecule has 2 heterocycles. The molecule has 2 aliphatic rings. The Kier molecular flexibility index (Phi) is 7.09. The molecule has 0 unspecified atom stereocenters. The molecule has 2 fully saturated rings. The van der Waals surface area contributed by atoms with E-state index in [2.05, 4.69) is 22.5 Å². The van der Waals surface area contributed by atoms with Gasteiger partial charge in [0.05, 0.1) is 0 Å². The zero-order valence-electron chi connectivity index (χ0n) is 13.9. The summed E-state index contributed by atoms with van der Waals surface area (Å²) in [7, 11) is 0. The van der Waals surface area contributed by atoms with Gasteiger partial charge in [-0.05, 0) is 58.8 Å². The van der Waals surface area contributed by atoms with Crippen LogP contribution in [0.2, 0.25) is 0 Å². The minimum Gasteiger partial charge on any atom is -0.324 e. The first kappa shape index (κ1) is 19.2. The fraction of sp³-hybridized carbons (Fsp3) is 0.867. The van der Waals surface area contributed by atoms with Gasteiger partial charge >= 0.3 is 6.03 Å². The summed E-state index contributed by atoms with van der Waals surface area (Å²) in [5, 5.41) is 6.13. The third-order valence-electron chi connectivity index (χ3n) is 4.47. The van der Waals surface area contributed by atoms with Gasteiger partial charge in [-0.3, -0.25) is 9.69 Å². The van der Waals surface area contributed by atoms with Gasteiger partial charge in [-0.2, -0.15) is 0 Å². The van der Waals surface area contributed by atoms with Crippen LogP contribution in [-0.2, 0) is 4.79 Å². The van der Waals surface area contributed by atoms with Crippen LogP contribution in [0.3, 0.4) is 0 Å². The number of imide groups is 1. The zero-order chi connectivity index (χ0) is 15.5. The van der Waals surface area contributed by atoms with Crippen molar-refractivity contribution >= 4 is 24.3 Å². The lowest BCUT2D eigenvalue weighted by atomic mass is 9.97. The third-order valence-corrected chi connectivity index (χ3v) is 4.47. The molecular weight excluding hydrogens is 304 g/mol. The van der Waals surface area contributed by atoms with Crippen molar-refractivity contribution in [1.29, 1.82) is 0 Å². The molecule has 2 aliphatic heterocycles. The predicted octanol–water partition coefficient (Wildman–Crippen LogP) is 1.06. The van der Waals surface area contributed by atoms with E-state index >= 15 is 0 Å². The molecule has 3 amide bonds. The highest BCUT2D eigenvalue weighted by Gasteiger charge is 2.43. The number of carbonyl (C=O) groups excluding carboxylic acids is 2. The molecule has 2 N–H and O–H groups in total. The standard InChI is InChI=1S/C15H28N4O2.ClH/c1-4-16-11-12-5-7-18(8-6-12)9-10-19-13(20)15(2,3)17-14(19)21;/h12,16H,4-11H2,1-3H3,(H,17,21);1H. The number of halogens is 1. The summed E-state index contributed by atoms with van der Waals surface area (Å²) in [4.78, 5) is 27.6. The summed E-state index contributed by atoms with van der Waals surface area (Å²) < 4.78 is 0. The Morgan fingerprint density at radius 2 is 1.86 bits per heavy atom. The van der Waals surface area contributed by atoms with Gasteiger partial charge in [0.1, 0.15) is 5.54 Å². The van der Waals surface area contributed by atoms with Crippen molar-refractivity contribution in [2.24, 2.45) is 5.92 Å². The van der Waals surface area contributed by atoms with Crippen molar-refractivity contribution in [2.75, 3.05) is 39.3 Å². The first-order valence-corrected chi connectivity index (χ1v) is 8.01. The summed E-state index contributed by atoms with van der Waals surface area (Å²) in [5.41, 5.74) is -0.754. The molecule has 0 saturated carbocycles. The smallest absolute Gasteiger partial charge is 0.324 e. The van der Waals surface area contributed by atoms with Gasteiger partial charge in [0, 0.05) is 13.1 Å². The van der Waals surface area contributed by atoms with Crippen molar-refractivity contribution in [1.82, 2.24) is 20.4 Å². The summed E-state index contributed by atoms with van der Waals surface area (Å²) in [5.74, 6) is 0.645. The topological polar surface area (TPSA) is 64.7 Å². The molecule has 22 heavy (non-hydrogen) atoms. The number of nitrogens with zero attached hydrogens (tertiary/aromatic N) is 2. The molecule has 0 spiro atoms. The van der Waals surface area contributed by atoms with Gasteiger partial charge < -0.3 is 15.5 Å². The Balaban J connectivity index is 0.00000242. The van der Waals surface area contributed by atoms with Gasteiger partial charge in [-0.15, -0.1) is 12.4 Å². The number of piperidine rings is 1. The largest absolute Gasteiger partial charge is 0.325 e. The Morgan fingerprint density at radius 3 is 2.36 bits per heavy atom. The molecule has 2 rings (SSSR count). The number of nitrogens with one attached hydrogen (secondary N) is 2. The molecule has 0 radical (unpaired) electrons. The highest BCUT2D eigenvalue weighted by atomic mass is 35.5. The molecule has 7 heteroatoms. The number of hydrogen-bond donors (Lipinski definition) is 2. The van der Waals surface area contributed by atoms with Crippen LogP contribution in [0.5, 0.6) is 0 Å². The van der Waals surface area contributed by atoms with Gasteiger partial charge in [0.15, 0.2) is 0 Å². The minimum atomic E-state index is -0.754. The number of likely N-dealkylation sites (tertiary alicyclic amines) is 1. The summed E-state index contributed by atoms with van der Waals surface area (Å²) >= 11 is 0. The first-order valence-electron chi connectivity index (χ1n) is 8.01. The summed E-state index contributed by atoms with van der Waals surface area (Å²) in [6.07, 6.45) is 2.39. The average Bonchev–Trinajstić information content (AvgIpc) is 2.64. The van der Waals surface area contributed by atoms with Gasteiger partial charge in [-0.1, -0.05) is 6.92 Å². The average molecular weight is 333 g/mol. The molecule has 0 aromatic heterocycles. The number of amides is 3. The summed E-state index contributed by atoms with van der Waals surface area (Å²) in [6, 6.07) is -0.257. The van der Waals surface area contributed by atoms with E-state index in [1.54, 1.807) is 13.8 Å². The van der Waals surface area contributed by atoms with E-state index < -0.39 is 5.54 Å². The lowest BCUT2D eigenvalue weighted by molar-refractivity contribution is -0.130. The Labute approximate surface area is 139 Å². The summed E-state index contributed by atoms with van der Waals surface area (Å²) in [6.45, 7) is 11.2. The SMILES string of the molecule is CCNCC1CCN(CCN2C(=O)NC(C)(C)C2=O)CC1.Cl. The van der Waals surface area contributed by atoms with Crippen molar-refractivity contribution in [3.63, 3.8) is 0 Å². The molecule has 6 nitrogen and oxygen atoms in total. The van der Waals surface area contributed by atoms with Crippen LogP contribution in [0.4, 0.5) is 4.79 Å². The normalized spacial score (nSPS) is 22.6. The van der Waals surface area contributed by atoms with Crippen LogP contribution in [0.15, 0.2) is 0 Å². The van der Waals surface area contributed by atoms with Crippen molar-refractivity contribution in [3.8, 4) is 0 Å². The van der Waals surface area contributed by atoms with Crippen LogP contribution < -0.4 is 10.6 Å². The maximum atomic E-state index is 12.1. The first-order chi connectivity index (χ1) is 9.94. The molecular formula is C15H29ClN4O2. The van der Waals surface area contributed by atoms with Crippen LogP contribution in [0.25, 0.3) is 0 Å². The second-order valence-corrected chi connectivity index (χ2v) is 6.60. The van der Waals surface area contributed by atoms with Crippen LogP contribution >= 0.6 is 12.4 Å². The lowest BCUT2D eigenvalue weighted by Crippen LogP contribution is -2.44. The molecule has 0 aromatic carbocycles. The lowest BCUT2D eigenvalue weighted by Gasteiger charge is -2.32. The quantitative estimate of drug-likeness (QED) is 0.714. The van der Waals surface area contributed by atoms with Crippen molar-refractivity contribution < 1.29 is 9.59 Å². The fourth-order valence-electron chi connectivity index (χ4n) is 3.03. The van der Waals surface area contributed by atoms with E-state index in [1.165, 1.54) is 17.7 Å². The maximum absolute atomic E-state index is 12.1. The van der Waals surface area contributed by atoms with Crippen LogP contribution in [0.1, 0.15) is 33.6 Å². The third kappa shape index (κ3) is 4.57. The number of rotatable bonds is 6. The number of hydrogen-bond acceptors (Lipinski definition) is 4. The molecule has 0 bridgehead atoms. The second-order valence-electron chi connectivity index (χ2n) is 6.60. The Bertz CT molecular complexity index is 395. The van der Waals surface area contributed by atoms with Crippen molar-refractivity contribution in [2.45, 2.75) is 39.2 Å². The van der Waals surface area contributed by atoms with E-state index in [1.807, 2.05) is 0 Å². The van der Waals surface area contributed by atoms with E-state index in [4.69, 9.17) is 0 Å². The molecule has 128 valence electrons. The van der Waals surface area contributed by atoms with E-state index in [-0.39, 0.29) is 24.3 Å². The maximum Gasteiger partial charge on any atom is 0.325 e. The Morgan fingerprint density at radius 1 is 1.23 bits per heavy atom. The fourth-order valence-corrected chi connectivity index (χ4v) is 3.03. The van der Waals surface area contributed by atoms with Gasteiger partial charge in [0.25, 0.3) is 5.91 Å². The monoisotopic (exact) mass is 332 g/mol. The predicted molar refractivity (Wildman–Crippen MR) is 89.3 cm³/mol. The minimum absolute atomic E-state index is 0. The number of urea groups is 1. The van der Waals surface area contributed by atoms with E-state index in [0.717, 1.165) is 38.6 Å². The van der Waals surface area contributed by atoms with Gasteiger partial charge in [-0.25, -0.2) is 4.79 Å². The molecule has 0 aromatic rings. The van der Waals surface area contributed by atoms with Crippen LogP contribution in [-0.4, -0.2) is 66.5 Å². The Hall–Kier alpha value is -0.850. The highest BCUT2D eigenvalue weighted by molar-refractivity contribution is 6.06. The van der Waals surface area contributed by atoms with E-state index in [9.17, 15) is 9.59 Å². The van der Waals surface area contributed by atoms with E-state index in [0.29, 0.717) is 6.54 Å². The molecule has 2 saturated heterocycles. The molecule has 0 atom stereocenters. The van der Waals surface area contributed by atoms with Crippen molar-refractivity contribution in [3.05, 3.63) is 0 Å². The number of carbonyl (C=O) groups is 2. The second kappa shape index (κ2) is 8.13. The molecule has 0 aliphatic carbocycles.